The molecule has 5 heteroatoms. The lowest BCUT2D eigenvalue weighted by Gasteiger charge is -2.23. The monoisotopic (exact) mass is 284 g/mol. The Balaban J connectivity index is 2.26. The van der Waals surface area contributed by atoms with Gasteiger partial charge in [0.05, 0.1) is 35.2 Å². The van der Waals surface area contributed by atoms with E-state index in [2.05, 4.69) is 11.4 Å². The van der Waals surface area contributed by atoms with Gasteiger partial charge in [0, 0.05) is 19.0 Å². The molecule has 1 N–H and O–H groups in total. The molecule has 1 saturated heterocycles. The van der Waals surface area contributed by atoms with E-state index in [1.54, 1.807) is 6.07 Å². The topological polar surface area (TPSA) is 45.0 Å². The minimum absolute atomic E-state index is 0.0951. The maximum absolute atomic E-state index is 8.88. The largest absolute Gasteiger partial charge is 0.375 e. The highest BCUT2D eigenvalue weighted by molar-refractivity contribution is 6.42. The van der Waals surface area contributed by atoms with Crippen LogP contribution in [0.15, 0.2) is 18.2 Å². The second-order valence-corrected chi connectivity index (χ2v) is 5.07. The van der Waals surface area contributed by atoms with E-state index in [1.807, 2.05) is 12.1 Å². The van der Waals surface area contributed by atoms with Gasteiger partial charge in [-0.15, -0.1) is 0 Å². The molecule has 0 spiro atoms. The Hall–Kier alpha value is -0.790. The Labute approximate surface area is 117 Å². The lowest BCUT2D eigenvalue weighted by Crippen LogP contribution is -2.26. The van der Waals surface area contributed by atoms with Crippen molar-refractivity contribution in [1.82, 2.24) is 5.32 Å². The average molecular weight is 285 g/mol. The van der Waals surface area contributed by atoms with Crippen molar-refractivity contribution in [3.05, 3.63) is 33.8 Å². The predicted octanol–water partition coefficient (Wildman–Crippen LogP) is 2.98. The summed E-state index contributed by atoms with van der Waals surface area (Å²) >= 11 is 12.0. The van der Waals surface area contributed by atoms with Crippen molar-refractivity contribution in [2.24, 2.45) is 0 Å². The van der Waals surface area contributed by atoms with Gasteiger partial charge in [0.15, 0.2) is 0 Å². The first-order valence-electron chi connectivity index (χ1n) is 5.86. The summed E-state index contributed by atoms with van der Waals surface area (Å²) in [7, 11) is 0. The fraction of sp³-hybridized carbons (Fsp3) is 0.462. The summed E-state index contributed by atoms with van der Waals surface area (Å²) in [5.74, 6) is 0.127. The van der Waals surface area contributed by atoms with Crippen LogP contribution in [0.4, 0.5) is 0 Å². The smallest absolute Gasteiger partial charge is 0.0786 e. The van der Waals surface area contributed by atoms with Crippen molar-refractivity contribution in [1.29, 1.82) is 5.26 Å². The van der Waals surface area contributed by atoms with Crippen LogP contribution in [0.1, 0.15) is 17.9 Å². The van der Waals surface area contributed by atoms with Gasteiger partial charge < -0.3 is 10.1 Å². The van der Waals surface area contributed by atoms with Crippen LogP contribution < -0.4 is 5.32 Å². The molecule has 1 aliphatic heterocycles. The SMILES string of the molecule is N#CC[C@H]1OCCNCC1c1ccc(Cl)c(Cl)c1. The zero-order chi connectivity index (χ0) is 13.0. The summed E-state index contributed by atoms with van der Waals surface area (Å²) in [6.07, 6.45) is 0.286. The molecule has 18 heavy (non-hydrogen) atoms. The molecular formula is C13H14Cl2N2O. The molecule has 1 aliphatic rings. The van der Waals surface area contributed by atoms with E-state index in [4.69, 9.17) is 33.2 Å². The van der Waals surface area contributed by atoms with Crippen LogP contribution in [0.5, 0.6) is 0 Å². The van der Waals surface area contributed by atoms with E-state index in [0.717, 1.165) is 18.7 Å². The summed E-state index contributed by atoms with van der Waals surface area (Å²) in [6.45, 7) is 2.22. The van der Waals surface area contributed by atoms with Crippen LogP contribution in [0.25, 0.3) is 0 Å². The first kappa shape index (κ1) is 13.6. The maximum Gasteiger partial charge on any atom is 0.0786 e. The Morgan fingerprint density at radius 3 is 2.94 bits per heavy atom. The van der Waals surface area contributed by atoms with Gasteiger partial charge in [0.25, 0.3) is 0 Å². The fourth-order valence-corrected chi connectivity index (χ4v) is 2.46. The quantitative estimate of drug-likeness (QED) is 0.908. The number of halogens is 2. The molecule has 2 rings (SSSR count). The number of benzene rings is 1. The third-order valence-electron chi connectivity index (χ3n) is 3.09. The predicted molar refractivity (Wildman–Crippen MR) is 72.0 cm³/mol. The van der Waals surface area contributed by atoms with Crippen LogP contribution in [0.2, 0.25) is 10.0 Å². The van der Waals surface area contributed by atoms with E-state index < -0.39 is 0 Å². The van der Waals surface area contributed by atoms with E-state index in [9.17, 15) is 0 Å². The van der Waals surface area contributed by atoms with Crippen LogP contribution in [0.3, 0.4) is 0 Å². The summed E-state index contributed by atoms with van der Waals surface area (Å²) in [6, 6.07) is 7.76. The van der Waals surface area contributed by atoms with Gasteiger partial charge in [-0.2, -0.15) is 5.26 Å². The van der Waals surface area contributed by atoms with Crippen LogP contribution >= 0.6 is 23.2 Å². The molecule has 1 heterocycles. The van der Waals surface area contributed by atoms with Crippen molar-refractivity contribution in [3.63, 3.8) is 0 Å². The molecule has 3 nitrogen and oxygen atoms in total. The third kappa shape index (κ3) is 3.15. The van der Waals surface area contributed by atoms with Crippen molar-refractivity contribution < 1.29 is 4.74 Å². The molecule has 0 aromatic heterocycles. The van der Waals surface area contributed by atoms with Crippen molar-refractivity contribution in [3.8, 4) is 6.07 Å². The number of nitriles is 1. The van der Waals surface area contributed by atoms with Crippen LogP contribution in [-0.4, -0.2) is 25.8 Å². The number of rotatable bonds is 2. The van der Waals surface area contributed by atoms with Crippen LogP contribution in [-0.2, 0) is 4.74 Å². The van der Waals surface area contributed by atoms with Crippen molar-refractivity contribution in [2.75, 3.05) is 19.7 Å². The van der Waals surface area contributed by atoms with Gasteiger partial charge in [-0.3, -0.25) is 0 Å². The standard InChI is InChI=1S/C13H14Cl2N2O/c14-11-2-1-9(7-12(11)15)10-8-17-5-6-18-13(10)3-4-16/h1-2,7,10,13,17H,3,5-6,8H2/t10?,13-/m1/s1. The Bertz CT molecular complexity index is 459. The molecule has 2 atom stereocenters. The van der Waals surface area contributed by atoms with Crippen molar-refractivity contribution in [2.45, 2.75) is 18.4 Å². The molecule has 0 bridgehead atoms. The first-order chi connectivity index (χ1) is 8.72. The fourth-order valence-electron chi connectivity index (χ4n) is 2.15. The highest BCUT2D eigenvalue weighted by atomic mass is 35.5. The molecule has 0 radical (unpaired) electrons. The molecule has 0 saturated carbocycles. The minimum Gasteiger partial charge on any atom is -0.375 e. The minimum atomic E-state index is -0.0951. The number of nitrogens with zero attached hydrogens (tertiary/aromatic N) is 1. The Morgan fingerprint density at radius 2 is 2.22 bits per heavy atom. The Kier molecular flexibility index (Phi) is 4.85. The van der Waals surface area contributed by atoms with Gasteiger partial charge in [-0.05, 0) is 17.7 Å². The third-order valence-corrected chi connectivity index (χ3v) is 3.83. The van der Waals surface area contributed by atoms with Gasteiger partial charge >= 0.3 is 0 Å². The van der Waals surface area contributed by atoms with Gasteiger partial charge in [0.1, 0.15) is 0 Å². The number of hydrogen-bond acceptors (Lipinski definition) is 3. The van der Waals surface area contributed by atoms with Gasteiger partial charge in [-0.1, -0.05) is 29.3 Å². The van der Waals surface area contributed by atoms with Crippen molar-refractivity contribution >= 4 is 23.2 Å². The zero-order valence-corrected chi connectivity index (χ0v) is 11.3. The second kappa shape index (κ2) is 6.40. The first-order valence-corrected chi connectivity index (χ1v) is 6.62. The summed E-state index contributed by atoms with van der Waals surface area (Å²) in [4.78, 5) is 0. The molecule has 0 amide bonds. The van der Waals surface area contributed by atoms with E-state index >= 15 is 0 Å². The van der Waals surface area contributed by atoms with E-state index in [1.165, 1.54) is 0 Å². The molecule has 1 unspecified atom stereocenters. The lowest BCUT2D eigenvalue weighted by molar-refractivity contribution is 0.0557. The van der Waals surface area contributed by atoms with Gasteiger partial charge in [-0.25, -0.2) is 0 Å². The highest BCUT2D eigenvalue weighted by Crippen LogP contribution is 2.30. The second-order valence-electron chi connectivity index (χ2n) is 4.26. The zero-order valence-electron chi connectivity index (χ0n) is 9.83. The number of nitrogens with one attached hydrogen (secondary N) is 1. The average Bonchev–Trinajstić information content (AvgIpc) is 2.59. The van der Waals surface area contributed by atoms with E-state index in [-0.39, 0.29) is 12.0 Å². The number of hydrogen-bond donors (Lipinski definition) is 1. The van der Waals surface area contributed by atoms with Crippen LogP contribution in [0, 0.1) is 11.3 Å². The molecular weight excluding hydrogens is 271 g/mol. The normalized spacial score (nSPS) is 24.3. The Morgan fingerprint density at radius 1 is 1.39 bits per heavy atom. The summed E-state index contributed by atoms with van der Waals surface area (Å²) in [5, 5.41) is 13.3. The molecule has 1 aromatic carbocycles. The van der Waals surface area contributed by atoms with E-state index in [0.29, 0.717) is 23.1 Å². The lowest BCUT2D eigenvalue weighted by atomic mass is 9.92. The maximum atomic E-state index is 8.88. The summed E-state index contributed by atoms with van der Waals surface area (Å²) < 4.78 is 5.72. The molecule has 1 aromatic rings. The molecule has 96 valence electrons. The molecule has 0 aliphatic carbocycles. The molecule has 1 fully saturated rings. The number of ether oxygens (including phenoxy) is 1. The summed E-state index contributed by atoms with van der Waals surface area (Å²) in [5.41, 5.74) is 1.05. The highest BCUT2D eigenvalue weighted by Gasteiger charge is 2.26. The van der Waals surface area contributed by atoms with Gasteiger partial charge in [0.2, 0.25) is 0 Å².